The molecule has 0 spiro atoms. The Kier molecular flexibility index (Phi) is 6.25. The van der Waals surface area contributed by atoms with Crippen LogP contribution in [-0.2, 0) is 11.2 Å². The van der Waals surface area contributed by atoms with Gasteiger partial charge in [0.25, 0.3) is 0 Å². The second-order valence-electron chi connectivity index (χ2n) is 7.04. The molecule has 0 heterocycles. The van der Waals surface area contributed by atoms with Gasteiger partial charge in [-0.15, -0.1) is 0 Å². The quantitative estimate of drug-likeness (QED) is 0.413. The lowest BCUT2D eigenvalue weighted by Gasteiger charge is -2.11. The summed E-state index contributed by atoms with van der Waals surface area (Å²) in [7, 11) is 0. The molecule has 0 fully saturated rings. The van der Waals surface area contributed by atoms with Crippen LogP contribution in [0.3, 0.4) is 0 Å². The summed E-state index contributed by atoms with van der Waals surface area (Å²) in [6, 6.07) is 31.8. The smallest absolute Gasteiger partial charge is 0.243 e. The fourth-order valence-corrected chi connectivity index (χ4v) is 3.31. The van der Waals surface area contributed by atoms with Crippen LogP contribution >= 0.6 is 0 Å². The van der Waals surface area contributed by atoms with Crippen molar-refractivity contribution in [3.8, 4) is 5.75 Å². The van der Waals surface area contributed by atoms with Crippen molar-refractivity contribution in [3.63, 3.8) is 0 Å². The predicted molar refractivity (Wildman–Crippen MR) is 123 cm³/mol. The summed E-state index contributed by atoms with van der Waals surface area (Å²) in [5, 5.41) is 8.27. The summed E-state index contributed by atoms with van der Waals surface area (Å²) in [5.74, 6) is 0.728. The van der Waals surface area contributed by atoms with Crippen LogP contribution in [0.4, 0.5) is 11.4 Å². The number of nitrogens with one attached hydrogen (secondary N) is 2. The molecule has 4 aromatic rings. The third-order valence-corrected chi connectivity index (χ3v) is 4.87. The van der Waals surface area contributed by atoms with Crippen molar-refractivity contribution in [1.29, 1.82) is 0 Å². The highest BCUT2D eigenvalue weighted by molar-refractivity contribution is 6.03. The second kappa shape index (κ2) is 9.61. The molecule has 0 saturated heterocycles. The highest BCUT2D eigenvalue weighted by Gasteiger charge is 2.06. The van der Waals surface area contributed by atoms with Crippen molar-refractivity contribution in [1.82, 2.24) is 0 Å². The first kappa shape index (κ1) is 19.5. The number of anilines is 2. The Balaban J connectivity index is 1.26. The van der Waals surface area contributed by atoms with E-state index in [1.807, 2.05) is 84.9 Å². The number of hydrogen-bond acceptors (Lipinski definition) is 3. The largest absolute Gasteiger partial charge is 0.493 e. The van der Waals surface area contributed by atoms with E-state index in [0.29, 0.717) is 6.61 Å². The Morgan fingerprint density at radius 3 is 2.33 bits per heavy atom. The highest BCUT2D eigenvalue weighted by atomic mass is 16.5. The molecule has 30 heavy (non-hydrogen) atoms. The molecule has 0 radical (unpaired) electrons. The lowest BCUT2D eigenvalue weighted by molar-refractivity contribution is -0.114. The average Bonchev–Trinajstić information content (AvgIpc) is 2.79. The monoisotopic (exact) mass is 396 g/mol. The van der Waals surface area contributed by atoms with E-state index in [1.165, 1.54) is 5.56 Å². The first-order chi connectivity index (χ1) is 14.8. The first-order valence-electron chi connectivity index (χ1n) is 10.1. The van der Waals surface area contributed by atoms with Gasteiger partial charge in [-0.05, 0) is 41.3 Å². The fraction of sp³-hybridized carbons (Fsp3) is 0.115. The minimum absolute atomic E-state index is 0.0884. The average molecular weight is 396 g/mol. The van der Waals surface area contributed by atoms with Crippen LogP contribution in [-0.4, -0.2) is 19.1 Å². The number of hydrogen-bond donors (Lipinski definition) is 2. The molecular formula is C26H24N2O2. The molecule has 0 aliphatic rings. The summed E-state index contributed by atoms with van der Waals surface area (Å²) < 4.78 is 5.80. The van der Waals surface area contributed by atoms with Gasteiger partial charge in [0.2, 0.25) is 5.91 Å². The van der Waals surface area contributed by atoms with E-state index in [0.717, 1.165) is 34.3 Å². The SMILES string of the molecule is O=C(CNc1ccc(OCCc2ccccc2)cc1)Nc1cccc2ccccc12. The van der Waals surface area contributed by atoms with Crippen molar-refractivity contribution in [2.24, 2.45) is 0 Å². The molecule has 0 atom stereocenters. The van der Waals surface area contributed by atoms with Crippen molar-refractivity contribution in [2.75, 3.05) is 23.8 Å². The van der Waals surface area contributed by atoms with Crippen molar-refractivity contribution < 1.29 is 9.53 Å². The molecule has 2 N–H and O–H groups in total. The maximum atomic E-state index is 12.4. The molecule has 1 amide bonds. The molecule has 0 saturated carbocycles. The number of benzene rings is 4. The standard InChI is InChI=1S/C26H24N2O2/c29-26(28-25-12-6-10-21-9-4-5-11-24(21)25)19-27-22-13-15-23(16-14-22)30-18-17-20-7-2-1-3-8-20/h1-16,27H,17-19H2,(H,28,29). The number of rotatable bonds is 8. The van der Waals surface area contributed by atoms with Crippen molar-refractivity contribution in [2.45, 2.75) is 6.42 Å². The van der Waals surface area contributed by atoms with Crippen molar-refractivity contribution in [3.05, 3.63) is 103 Å². The zero-order valence-corrected chi connectivity index (χ0v) is 16.7. The topological polar surface area (TPSA) is 50.4 Å². The number of fused-ring (bicyclic) bond motifs is 1. The van der Waals surface area contributed by atoms with Gasteiger partial charge in [0.05, 0.1) is 13.2 Å². The van der Waals surface area contributed by atoms with Crippen LogP contribution in [0.1, 0.15) is 5.56 Å². The fourth-order valence-electron chi connectivity index (χ4n) is 3.31. The van der Waals surface area contributed by atoms with E-state index in [2.05, 4.69) is 22.8 Å². The van der Waals surface area contributed by atoms with E-state index in [4.69, 9.17) is 4.74 Å². The van der Waals surface area contributed by atoms with Crippen molar-refractivity contribution >= 4 is 28.1 Å². The number of carbonyl (C=O) groups is 1. The first-order valence-corrected chi connectivity index (χ1v) is 10.1. The minimum Gasteiger partial charge on any atom is -0.493 e. The Hall–Kier alpha value is -3.79. The molecule has 0 bridgehead atoms. The van der Waals surface area contributed by atoms with Gasteiger partial charge in [0, 0.05) is 23.2 Å². The molecular weight excluding hydrogens is 372 g/mol. The zero-order valence-electron chi connectivity index (χ0n) is 16.7. The Bertz CT molecular complexity index is 1100. The molecule has 0 aliphatic heterocycles. The third kappa shape index (κ3) is 5.17. The van der Waals surface area contributed by atoms with Gasteiger partial charge in [-0.2, -0.15) is 0 Å². The van der Waals surface area contributed by atoms with Gasteiger partial charge in [-0.25, -0.2) is 0 Å². The van der Waals surface area contributed by atoms with Gasteiger partial charge in [-0.3, -0.25) is 4.79 Å². The van der Waals surface area contributed by atoms with Gasteiger partial charge in [0.1, 0.15) is 5.75 Å². The van der Waals surface area contributed by atoms with E-state index in [1.54, 1.807) is 0 Å². The number of ether oxygens (including phenoxy) is 1. The van der Waals surface area contributed by atoms with Gasteiger partial charge < -0.3 is 15.4 Å². The van der Waals surface area contributed by atoms with Gasteiger partial charge >= 0.3 is 0 Å². The second-order valence-corrected chi connectivity index (χ2v) is 7.04. The molecule has 0 aromatic heterocycles. The van der Waals surface area contributed by atoms with Gasteiger partial charge in [-0.1, -0.05) is 66.7 Å². The van der Waals surface area contributed by atoms with Crippen LogP contribution in [0.15, 0.2) is 97.1 Å². The molecule has 4 nitrogen and oxygen atoms in total. The van der Waals surface area contributed by atoms with E-state index < -0.39 is 0 Å². The summed E-state index contributed by atoms with van der Waals surface area (Å²) in [6.45, 7) is 0.821. The Labute approximate surface area is 176 Å². The number of carbonyl (C=O) groups excluding carboxylic acids is 1. The predicted octanol–water partition coefficient (Wildman–Crippen LogP) is 5.51. The summed E-state index contributed by atoms with van der Waals surface area (Å²) in [4.78, 5) is 12.4. The molecule has 4 rings (SSSR count). The summed E-state index contributed by atoms with van der Waals surface area (Å²) in [5.41, 5.74) is 2.95. The molecule has 0 unspecified atom stereocenters. The molecule has 4 heteroatoms. The maximum absolute atomic E-state index is 12.4. The van der Waals surface area contributed by atoms with Gasteiger partial charge in [0.15, 0.2) is 0 Å². The van der Waals surface area contributed by atoms with Crippen LogP contribution in [0.2, 0.25) is 0 Å². The lowest BCUT2D eigenvalue weighted by Crippen LogP contribution is -2.21. The van der Waals surface area contributed by atoms with E-state index >= 15 is 0 Å². The highest BCUT2D eigenvalue weighted by Crippen LogP contribution is 2.23. The normalized spacial score (nSPS) is 10.5. The molecule has 150 valence electrons. The maximum Gasteiger partial charge on any atom is 0.243 e. The minimum atomic E-state index is -0.0884. The van der Waals surface area contributed by atoms with Crippen LogP contribution in [0.25, 0.3) is 10.8 Å². The summed E-state index contributed by atoms with van der Waals surface area (Å²) in [6.07, 6.45) is 0.870. The Morgan fingerprint density at radius 2 is 1.50 bits per heavy atom. The zero-order chi connectivity index (χ0) is 20.6. The summed E-state index contributed by atoms with van der Waals surface area (Å²) >= 11 is 0. The van der Waals surface area contributed by atoms with Crippen LogP contribution in [0.5, 0.6) is 5.75 Å². The van der Waals surface area contributed by atoms with Crippen LogP contribution in [0, 0.1) is 0 Å². The Morgan fingerprint density at radius 1 is 0.767 bits per heavy atom. The van der Waals surface area contributed by atoms with E-state index in [-0.39, 0.29) is 12.5 Å². The number of amides is 1. The lowest BCUT2D eigenvalue weighted by atomic mass is 10.1. The van der Waals surface area contributed by atoms with E-state index in [9.17, 15) is 4.79 Å². The van der Waals surface area contributed by atoms with Crippen LogP contribution < -0.4 is 15.4 Å². The molecule has 0 aliphatic carbocycles. The molecule has 4 aromatic carbocycles. The third-order valence-electron chi connectivity index (χ3n) is 4.87.